The van der Waals surface area contributed by atoms with E-state index in [1.807, 2.05) is 18.2 Å². The van der Waals surface area contributed by atoms with Crippen molar-refractivity contribution >= 4 is 50.8 Å². The molecule has 0 saturated heterocycles. The van der Waals surface area contributed by atoms with Crippen molar-refractivity contribution in [3.63, 3.8) is 0 Å². The first-order chi connectivity index (χ1) is 18.6. The zero-order chi connectivity index (χ0) is 29.9. The van der Waals surface area contributed by atoms with Gasteiger partial charge in [-0.3, -0.25) is 9.48 Å². The van der Waals surface area contributed by atoms with Crippen molar-refractivity contribution in [2.45, 2.75) is 26.1 Å². The third kappa shape index (κ3) is 6.83. The van der Waals surface area contributed by atoms with Crippen molar-refractivity contribution in [3.05, 3.63) is 90.6 Å². The van der Waals surface area contributed by atoms with Gasteiger partial charge in [-0.15, -0.1) is 0 Å². The molecular weight excluding hydrogens is 645 g/mol. The number of carbonyl (C=O) groups excluding carboxylic acids is 1. The summed E-state index contributed by atoms with van der Waals surface area (Å²) >= 11 is 14.4. The number of nitrogen functional groups attached to an aromatic ring is 1. The Morgan fingerprint density at radius 2 is 1.77 bits per heavy atom. The van der Waals surface area contributed by atoms with E-state index in [4.69, 9.17) is 33.7 Å². The van der Waals surface area contributed by atoms with Crippen LogP contribution in [-0.4, -0.2) is 31.6 Å². The summed E-state index contributed by atoms with van der Waals surface area (Å²) in [6, 6.07) is 10.9. The molecule has 40 heavy (non-hydrogen) atoms. The van der Waals surface area contributed by atoms with Gasteiger partial charge in [0.1, 0.15) is 16.5 Å². The zero-order valence-electron chi connectivity index (χ0n) is 20.9. The van der Waals surface area contributed by atoms with Crippen molar-refractivity contribution in [1.82, 2.24) is 19.6 Å². The molecule has 212 valence electrons. The van der Waals surface area contributed by atoms with Crippen LogP contribution in [0.2, 0.25) is 10.0 Å². The van der Waals surface area contributed by atoms with Gasteiger partial charge >= 0.3 is 12.1 Å². The molecule has 0 unspecified atom stereocenters. The minimum Gasteiger partial charge on any atom is -0.459 e. The fraction of sp³-hybridized carbons (Fsp3) is 0.200. The van der Waals surface area contributed by atoms with E-state index >= 15 is 0 Å². The third-order valence-corrected chi connectivity index (χ3v) is 6.52. The summed E-state index contributed by atoms with van der Waals surface area (Å²) in [6.07, 6.45) is -3.78. The number of hydrogen-bond donors (Lipinski definition) is 1. The SMILES string of the molecule is CC(C)OC(=O)c1cc(-c2nn(C)c(C(F)(F)F)c2Br)c(F)cc1Cl.Nc1cnn(-c2ccccc2)c(=O)c1Cl. The summed E-state index contributed by atoms with van der Waals surface area (Å²) in [4.78, 5) is 23.7. The first-order valence-electron chi connectivity index (χ1n) is 11.2. The van der Waals surface area contributed by atoms with E-state index in [1.54, 1.807) is 26.0 Å². The van der Waals surface area contributed by atoms with Gasteiger partial charge in [0.2, 0.25) is 0 Å². The Labute approximate surface area is 243 Å². The van der Waals surface area contributed by atoms with Crippen molar-refractivity contribution in [3.8, 4) is 16.9 Å². The maximum atomic E-state index is 14.3. The van der Waals surface area contributed by atoms with Crippen LogP contribution in [0.4, 0.5) is 23.2 Å². The van der Waals surface area contributed by atoms with E-state index in [-0.39, 0.29) is 32.6 Å². The summed E-state index contributed by atoms with van der Waals surface area (Å²) < 4.78 is 59.8. The molecule has 0 atom stereocenters. The Morgan fingerprint density at radius 1 is 1.15 bits per heavy atom. The number of hydrogen-bond acceptors (Lipinski definition) is 6. The van der Waals surface area contributed by atoms with Gasteiger partial charge in [-0.25, -0.2) is 9.18 Å². The minimum atomic E-state index is -4.69. The Kier molecular flexibility index (Phi) is 9.64. The smallest absolute Gasteiger partial charge is 0.434 e. The van der Waals surface area contributed by atoms with Gasteiger partial charge in [-0.2, -0.15) is 28.1 Å². The second-order valence-corrected chi connectivity index (χ2v) is 9.94. The first kappa shape index (κ1) is 31.1. The fourth-order valence-electron chi connectivity index (χ4n) is 3.34. The molecule has 0 bridgehead atoms. The molecule has 0 aliphatic heterocycles. The van der Waals surface area contributed by atoms with Crippen LogP contribution in [0.5, 0.6) is 0 Å². The highest BCUT2D eigenvalue weighted by Crippen LogP contribution is 2.41. The number of alkyl halides is 3. The maximum Gasteiger partial charge on any atom is 0.434 e. The predicted molar refractivity (Wildman–Crippen MR) is 146 cm³/mol. The molecule has 4 aromatic rings. The number of rotatable bonds is 4. The van der Waals surface area contributed by atoms with Crippen LogP contribution in [0.3, 0.4) is 0 Å². The molecule has 8 nitrogen and oxygen atoms in total. The van der Waals surface area contributed by atoms with Crippen LogP contribution in [0.25, 0.3) is 16.9 Å². The minimum absolute atomic E-state index is 0.00569. The quantitative estimate of drug-likeness (QED) is 0.192. The molecule has 2 heterocycles. The third-order valence-electron chi connectivity index (χ3n) is 5.08. The first-order valence-corrected chi connectivity index (χ1v) is 12.8. The van der Waals surface area contributed by atoms with Gasteiger partial charge in [-0.05, 0) is 54.0 Å². The second kappa shape index (κ2) is 12.4. The molecule has 2 N–H and O–H groups in total. The molecule has 0 radical (unpaired) electrons. The molecule has 2 aromatic heterocycles. The van der Waals surface area contributed by atoms with Crippen LogP contribution in [0.15, 0.2) is 57.9 Å². The number of aryl methyl sites for hydroxylation is 1. The van der Waals surface area contributed by atoms with E-state index in [0.29, 0.717) is 10.4 Å². The number of ether oxygens (including phenoxy) is 1. The number of nitrogens with two attached hydrogens (primary N) is 1. The average Bonchev–Trinajstić information content (AvgIpc) is 3.17. The number of aromatic nitrogens is 4. The molecule has 15 heteroatoms. The fourth-order valence-corrected chi connectivity index (χ4v) is 4.47. The number of para-hydroxylation sites is 1. The molecule has 0 aliphatic carbocycles. The zero-order valence-corrected chi connectivity index (χ0v) is 24.0. The van der Waals surface area contributed by atoms with Crippen LogP contribution in [-0.2, 0) is 18.0 Å². The lowest BCUT2D eigenvalue weighted by Gasteiger charge is -2.11. The number of carbonyl (C=O) groups is 1. The van der Waals surface area contributed by atoms with Crippen molar-refractivity contribution in [2.24, 2.45) is 7.05 Å². The summed E-state index contributed by atoms with van der Waals surface area (Å²) in [5.41, 5.74) is 4.03. The van der Waals surface area contributed by atoms with Crippen LogP contribution < -0.4 is 11.3 Å². The Bertz CT molecular complexity index is 1610. The standard InChI is InChI=1S/C15H12BrClF4N2O2.C10H8ClN3O/c1-6(2)25-14(24)7-4-8(10(18)5-9(7)17)12-11(16)13(15(19,20)21)23(3)22-12;11-9-8(12)6-13-14(10(9)15)7-4-2-1-3-5-7/h4-6H,1-3H3;1-6H,12H2. The molecule has 0 saturated carbocycles. The molecule has 0 spiro atoms. The highest BCUT2D eigenvalue weighted by atomic mass is 79.9. The molecular formula is C25H20BrCl2F4N5O3. The normalized spacial score (nSPS) is 11.3. The number of halogens is 7. The predicted octanol–water partition coefficient (Wildman–Crippen LogP) is 6.69. The Balaban J connectivity index is 0.000000249. The van der Waals surface area contributed by atoms with Gasteiger partial charge in [0.25, 0.3) is 5.56 Å². The number of esters is 1. The van der Waals surface area contributed by atoms with Gasteiger partial charge in [0.05, 0.1) is 38.7 Å². The second-order valence-electron chi connectivity index (χ2n) is 8.36. The molecule has 4 rings (SSSR count). The average molecular weight is 665 g/mol. The van der Waals surface area contributed by atoms with Crippen molar-refractivity contribution in [1.29, 1.82) is 0 Å². The van der Waals surface area contributed by atoms with Crippen LogP contribution in [0, 0.1) is 5.82 Å². The maximum absolute atomic E-state index is 14.3. The van der Waals surface area contributed by atoms with Gasteiger partial charge < -0.3 is 10.5 Å². The van der Waals surface area contributed by atoms with Gasteiger partial charge in [0.15, 0.2) is 5.69 Å². The van der Waals surface area contributed by atoms with Crippen molar-refractivity contribution in [2.75, 3.05) is 5.73 Å². The van der Waals surface area contributed by atoms with E-state index in [1.165, 1.54) is 10.9 Å². The van der Waals surface area contributed by atoms with Crippen LogP contribution in [0.1, 0.15) is 29.9 Å². The summed E-state index contributed by atoms with van der Waals surface area (Å²) in [5, 5.41) is 7.40. The van der Waals surface area contributed by atoms with Gasteiger partial charge in [0, 0.05) is 12.6 Å². The molecule has 0 fully saturated rings. The lowest BCUT2D eigenvalue weighted by Crippen LogP contribution is -2.22. The Morgan fingerprint density at radius 3 is 2.33 bits per heavy atom. The summed E-state index contributed by atoms with van der Waals surface area (Å²) in [7, 11) is 1.08. The highest BCUT2D eigenvalue weighted by Gasteiger charge is 2.39. The van der Waals surface area contributed by atoms with E-state index in [2.05, 4.69) is 26.1 Å². The van der Waals surface area contributed by atoms with E-state index < -0.39 is 39.8 Å². The van der Waals surface area contributed by atoms with E-state index in [9.17, 15) is 27.2 Å². The Hall–Kier alpha value is -3.42. The number of benzene rings is 2. The molecule has 2 aromatic carbocycles. The number of nitrogens with zero attached hydrogens (tertiary/aromatic N) is 4. The largest absolute Gasteiger partial charge is 0.459 e. The van der Waals surface area contributed by atoms with Crippen molar-refractivity contribution < 1.29 is 27.1 Å². The highest BCUT2D eigenvalue weighted by molar-refractivity contribution is 9.10. The monoisotopic (exact) mass is 663 g/mol. The van der Waals surface area contributed by atoms with Crippen LogP contribution >= 0.6 is 39.1 Å². The summed E-state index contributed by atoms with van der Waals surface area (Å²) in [5.74, 6) is -1.73. The number of anilines is 1. The lowest BCUT2D eigenvalue weighted by molar-refractivity contribution is -0.144. The topological polar surface area (TPSA) is 105 Å². The van der Waals surface area contributed by atoms with E-state index in [0.717, 1.165) is 19.2 Å². The van der Waals surface area contributed by atoms with Gasteiger partial charge in [-0.1, -0.05) is 41.4 Å². The lowest BCUT2D eigenvalue weighted by atomic mass is 10.1. The molecule has 0 amide bonds. The summed E-state index contributed by atoms with van der Waals surface area (Å²) in [6.45, 7) is 3.22. The molecule has 0 aliphatic rings.